The topological polar surface area (TPSA) is 51.6 Å². The van der Waals surface area contributed by atoms with E-state index < -0.39 is 0 Å². The van der Waals surface area contributed by atoms with Gasteiger partial charge in [-0.2, -0.15) is 0 Å². The van der Waals surface area contributed by atoms with Crippen molar-refractivity contribution in [3.63, 3.8) is 0 Å². The van der Waals surface area contributed by atoms with Gasteiger partial charge in [0.2, 0.25) is 5.88 Å². The molecule has 0 radical (unpaired) electrons. The lowest BCUT2D eigenvalue weighted by Gasteiger charge is -2.22. The minimum Gasteiger partial charge on any atom is -0.478 e. The van der Waals surface area contributed by atoms with Crippen molar-refractivity contribution in [1.29, 1.82) is 0 Å². The smallest absolute Gasteiger partial charge is 0.213 e. The highest BCUT2D eigenvalue weighted by molar-refractivity contribution is 5.24. The second kappa shape index (κ2) is 6.71. The van der Waals surface area contributed by atoms with Gasteiger partial charge in [0.15, 0.2) is 0 Å². The Balaban J connectivity index is 2.61. The Morgan fingerprint density at radius 2 is 2.06 bits per heavy atom. The summed E-state index contributed by atoms with van der Waals surface area (Å²) in [4.78, 5) is 4.37. The fraction of sp³-hybridized carbons (Fsp3) is 0.643. The maximum absolute atomic E-state index is 9.17. The first-order chi connectivity index (χ1) is 8.50. The molecule has 0 aliphatic heterocycles. The average Bonchev–Trinajstić information content (AvgIpc) is 2.38. The lowest BCUT2D eigenvalue weighted by molar-refractivity contribution is 0.00506. The van der Waals surface area contributed by atoms with Crippen molar-refractivity contribution >= 4 is 0 Å². The van der Waals surface area contributed by atoms with Crippen molar-refractivity contribution in [2.24, 2.45) is 0 Å². The molecule has 1 aromatic heterocycles. The minimum absolute atomic E-state index is 0.00937. The van der Waals surface area contributed by atoms with Crippen LogP contribution in [-0.2, 0) is 17.8 Å². The van der Waals surface area contributed by atoms with Crippen LogP contribution in [0.1, 0.15) is 38.4 Å². The summed E-state index contributed by atoms with van der Waals surface area (Å²) in [5.74, 6) is 0.574. The normalized spacial score (nSPS) is 11.6. The maximum atomic E-state index is 9.17. The first-order valence-corrected chi connectivity index (χ1v) is 6.29. The Labute approximate surface area is 109 Å². The molecule has 1 rings (SSSR count). The van der Waals surface area contributed by atoms with Crippen LogP contribution in [0.2, 0.25) is 0 Å². The molecule has 0 fully saturated rings. The van der Waals surface area contributed by atoms with Crippen molar-refractivity contribution in [2.45, 2.75) is 45.8 Å². The molecule has 0 aliphatic carbocycles. The number of pyridine rings is 1. The molecule has 4 nitrogen and oxygen atoms in total. The summed E-state index contributed by atoms with van der Waals surface area (Å²) < 4.78 is 11.0. The summed E-state index contributed by atoms with van der Waals surface area (Å²) in [6, 6.07) is 3.67. The van der Waals surface area contributed by atoms with E-state index in [4.69, 9.17) is 9.47 Å². The molecule has 0 amide bonds. The van der Waals surface area contributed by atoms with Crippen molar-refractivity contribution in [3.05, 3.63) is 23.4 Å². The molecule has 0 bridgehead atoms. The molecule has 0 spiro atoms. The van der Waals surface area contributed by atoms with Crippen LogP contribution < -0.4 is 4.74 Å². The van der Waals surface area contributed by atoms with E-state index in [0.29, 0.717) is 12.5 Å². The van der Waals surface area contributed by atoms with Gasteiger partial charge < -0.3 is 14.6 Å². The summed E-state index contributed by atoms with van der Waals surface area (Å²) >= 11 is 0. The zero-order chi connectivity index (χ0) is 13.6. The van der Waals surface area contributed by atoms with Gasteiger partial charge >= 0.3 is 0 Å². The van der Waals surface area contributed by atoms with Crippen molar-refractivity contribution < 1.29 is 14.6 Å². The molecule has 18 heavy (non-hydrogen) atoms. The number of hydrogen-bond donors (Lipinski definition) is 1. The van der Waals surface area contributed by atoms with Crippen LogP contribution >= 0.6 is 0 Å². The average molecular weight is 253 g/mol. The first kappa shape index (κ1) is 14.9. The van der Waals surface area contributed by atoms with Crippen molar-refractivity contribution in [2.75, 3.05) is 13.7 Å². The SMILES string of the molecule is CCc1cc(CO)cc(OCCC(C)(C)OC)n1. The monoisotopic (exact) mass is 253 g/mol. The Hall–Kier alpha value is -1.13. The molecular weight excluding hydrogens is 230 g/mol. The Bertz CT molecular complexity index is 355. The predicted molar refractivity (Wildman–Crippen MR) is 70.7 cm³/mol. The van der Waals surface area contributed by atoms with E-state index in [1.807, 2.05) is 26.8 Å². The van der Waals surface area contributed by atoms with Crippen LogP contribution in [0.4, 0.5) is 0 Å². The van der Waals surface area contributed by atoms with E-state index in [2.05, 4.69) is 4.98 Å². The third-order valence-electron chi connectivity index (χ3n) is 2.97. The van der Waals surface area contributed by atoms with E-state index in [-0.39, 0.29) is 12.2 Å². The molecule has 0 saturated carbocycles. The number of aryl methyl sites for hydroxylation is 1. The molecule has 1 aromatic rings. The first-order valence-electron chi connectivity index (χ1n) is 6.29. The fourth-order valence-electron chi connectivity index (χ4n) is 1.47. The number of aliphatic hydroxyl groups is 1. The van der Waals surface area contributed by atoms with Gasteiger partial charge in [-0.3, -0.25) is 0 Å². The van der Waals surface area contributed by atoms with Crippen LogP contribution in [0.15, 0.2) is 12.1 Å². The van der Waals surface area contributed by atoms with Crippen LogP contribution in [0.25, 0.3) is 0 Å². The predicted octanol–water partition coefficient (Wildman–Crippen LogP) is 2.33. The highest BCUT2D eigenvalue weighted by Crippen LogP contribution is 2.16. The molecule has 1 heterocycles. The fourth-order valence-corrected chi connectivity index (χ4v) is 1.47. The summed E-state index contributed by atoms with van der Waals surface area (Å²) in [5.41, 5.74) is 1.58. The maximum Gasteiger partial charge on any atom is 0.213 e. The number of ether oxygens (including phenoxy) is 2. The van der Waals surface area contributed by atoms with Crippen LogP contribution in [0.3, 0.4) is 0 Å². The van der Waals surface area contributed by atoms with E-state index >= 15 is 0 Å². The molecular formula is C14H23NO3. The third kappa shape index (κ3) is 4.63. The molecule has 0 aliphatic rings. The van der Waals surface area contributed by atoms with Gasteiger partial charge in [0.1, 0.15) is 0 Å². The van der Waals surface area contributed by atoms with E-state index in [1.165, 1.54) is 0 Å². The molecule has 0 saturated heterocycles. The van der Waals surface area contributed by atoms with Gasteiger partial charge in [-0.05, 0) is 31.9 Å². The molecule has 102 valence electrons. The second-order valence-corrected chi connectivity index (χ2v) is 4.88. The van der Waals surface area contributed by atoms with Gasteiger partial charge in [0, 0.05) is 25.3 Å². The standard InChI is InChI=1S/C14H23NO3/c1-5-12-8-11(10-16)9-13(15-12)18-7-6-14(2,3)17-4/h8-9,16H,5-7,10H2,1-4H3. The summed E-state index contributed by atoms with van der Waals surface area (Å²) in [5, 5.41) is 9.17. The Kier molecular flexibility index (Phi) is 5.56. The van der Waals surface area contributed by atoms with Crippen LogP contribution in [0.5, 0.6) is 5.88 Å². The van der Waals surface area contributed by atoms with Gasteiger partial charge in [-0.1, -0.05) is 6.92 Å². The van der Waals surface area contributed by atoms with E-state index in [9.17, 15) is 5.11 Å². The number of aliphatic hydroxyl groups excluding tert-OH is 1. The van der Waals surface area contributed by atoms with Crippen molar-refractivity contribution in [3.8, 4) is 5.88 Å². The van der Waals surface area contributed by atoms with Gasteiger partial charge in [-0.25, -0.2) is 4.98 Å². The number of nitrogens with zero attached hydrogens (tertiary/aromatic N) is 1. The number of aromatic nitrogens is 1. The van der Waals surface area contributed by atoms with E-state index in [1.54, 1.807) is 13.2 Å². The van der Waals surface area contributed by atoms with Crippen LogP contribution in [0, 0.1) is 0 Å². The van der Waals surface area contributed by atoms with Gasteiger partial charge in [-0.15, -0.1) is 0 Å². The lowest BCUT2D eigenvalue weighted by Crippen LogP contribution is -2.25. The zero-order valence-corrected chi connectivity index (χ0v) is 11.7. The zero-order valence-electron chi connectivity index (χ0n) is 11.7. The Morgan fingerprint density at radius 3 is 2.61 bits per heavy atom. The van der Waals surface area contributed by atoms with E-state index in [0.717, 1.165) is 24.1 Å². The summed E-state index contributed by atoms with van der Waals surface area (Å²) in [6.45, 7) is 6.62. The number of hydrogen-bond acceptors (Lipinski definition) is 4. The minimum atomic E-state index is -0.192. The molecule has 4 heteroatoms. The molecule has 0 unspecified atom stereocenters. The second-order valence-electron chi connectivity index (χ2n) is 4.88. The lowest BCUT2D eigenvalue weighted by atomic mass is 10.1. The largest absolute Gasteiger partial charge is 0.478 e. The van der Waals surface area contributed by atoms with Crippen molar-refractivity contribution in [1.82, 2.24) is 4.98 Å². The van der Waals surface area contributed by atoms with Gasteiger partial charge in [0.05, 0.1) is 18.8 Å². The molecule has 0 atom stereocenters. The van der Waals surface area contributed by atoms with Gasteiger partial charge in [0.25, 0.3) is 0 Å². The summed E-state index contributed by atoms with van der Waals surface area (Å²) in [6.07, 6.45) is 1.61. The summed E-state index contributed by atoms with van der Waals surface area (Å²) in [7, 11) is 1.69. The highest BCUT2D eigenvalue weighted by Gasteiger charge is 2.16. The Morgan fingerprint density at radius 1 is 1.33 bits per heavy atom. The number of methoxy groups -OCH3 is 1. The number of rotatable bonds is 7. The van der Waals surface area contributed by atoms with Crippen LogP contribution in [-0.4, -0.2) is 29.4 Å². The third-order valence-corrected chi connectivity index (χ3v) is 2.97. The quantitative estimate of drug-likeness (QED) is 0.810. The highest BCUT2D eigenvalue weighted by atomic mass is 16.5. The molecule has 0 aromatic carbocycles. The molecule has 1 N–H and O–H groups in total.